The maximum atomic E-state index is 6.84. The fourth-order valence-corrected chi connectivity index (χ4v) is 0.707. The third-order valence-corrected chi connectivity index (χ3v) is 1.23. The third-order valence-electron chi connectivity index (χ3n) is 1.23. The highest BCUT2D eigenvalue weighted by Crippen LogP contribution is 1.90. The van der Waals surface area contributed by atoms with E-state index in [2.05, 4.69) is 0 Å². The summed E-state index contributed by atoms with van der Waals surface area (Å²) in [5.74, 6) is 0. The molecule has 0 spiro atoms. The van der Waals surface area contributed by atoms with Crippen LogP contribution in [-0.4, -0.2) is 37.5 Å². The summed E-state index contributed by atoms with van der Waals surface area (Å²) >= 11 is 0. The first kappa shape index (κ1) is 5.56. The zero-order chi connectivity index (χ0) is 5.82. The van der Waals surface area contributed by atoms with Crippen molar-refractivity contribution in [3.63, 3.8) is 0 Å². The van der Waals surface area contributed by atoms with Crippen LogP contribution in [0.1, 0.15) is 0 Å². The summed E-state index contributed by atoms with van der Waals surface area (Å²) in [6, 6.07) is 0. The Hall–Kier alpha value is -0.570. The molecule has 1 N–H and O–H groups in total. The fourth-order valence-electron chi connectivity index (χ4n) is 0.707. The molecule has 0 atom stereocenters. The summed E-state index contributed by atoms with van der Waals surface area (Å²) in [7, 11) is 0. The zero-order valence-electron chi connectivity index (χ0n) is 4.76. The molecule has 0 unspecified atom stereocenters. The van der Waals surface area contributed by atoms with Gasteiger partial charge in [-0.2, -0.15) is 0 Å². The molecule has 3 heteroatoms. The molecule has 0 amide bonds. The van der Waals surface area contributed by atoms with Crippen LogP contribution in [0.3, 0.4) is 0 Å². The molecule has 8 heavy (non-hydrogen) atoms. The first-order chi connectivity index (χ1) is 3.93. The average Bonchev–Trinajstić information content (AvgIpc) is 1.90. The van der Waals surface area contributed by atoms with Gasteiger partial charge >= 0.3 is 0 Å². The Balaban J connectivity index is 2.22. The van der Waals surface area contributed by atoms with Crippen molar-refractivity contribution < 1.29 is 4.74 Å². The second-order valence-corrected chi connectivity index (χ2v) is 1.78. The number of hydrogen-bond donors (Lipinski definition) is 1. The van der Waals surface area contributed by atoms with E-state index in [4.69, 9.17) is 10.1 Å². The molecule has 1 heterocycles. The Kier molecular flexibility index (Phi) is 1.86. The van der Waals surface area contributed by atoms with Crippen LogP contribution < -0.4 is 0 Å². The van der Waals surface area contributed by atoms with E-state index in [1.807, 2.05) is 4.90 Å². The molecule has 0 radical (unpaired) electrons. The number of ether oxygens (including phenoxy) is 1. The van der Waals surface area contributed by atoms with Crippen LogP contribution in [0.2, 0.25) is 0 Å². The Labute approximate surface area is 48.8 Å². The number of rotatable bonds is 1. The molecule has 0 saturated carbocycles. The van der Waals surface area contributed by atoms with Crippen molar-refractivity contribution in [1.82, 2.24) is 4.90 Å². The lowest BCUT2D eigenvalue weighted by Crippen LogP contribution is -2.34. The minimum absolute atomic E-state index is 0.773. The van der Waals surface area contributed by atoms with Crippen molar-refractivity contribution in [2.45, 2.75) is 0 Å². The summed E-state index contributed by atoms with van der Waals surface area (Å²) in [6.45, 7) is 3.30. The van der Waals surface area contributed by atoms with Gasteiger partial charge in [-0.15, -0.1) is 0 Å². The molecule has 0 aromatic rings. The minimum Gasteiger partial charge on any atom is -0.378 e. The predicted octanol–water partition coefficient (Wildman–Crippen LogP) is -0.0743. The summed E-state index contributed by atoms with van der Waals surface area (Å²) in [4.78, 5) is 1.93. The van der Waals surface area contributed by atoms with Crippen LogP contribution >= 0.6 is 0 Å². The first-order valence-electron chi connectivity index (χ1n) is 2.76. The van der Waals surface area contributed by atoms with E-state index in [-0.39, 0.29) is 0 Å². The van der Waals surface area contributed by atoms with Gasteiger partial charge in [0.2, 0.25) is 0 Å². The van der Waals surface area contributed by atoms with E-state index in [1.165, 1.54) is 6.34 Å². The largest absolute Gasteiger partial charge is 0.378 e. The molecule has 0 aliphatic carbocycles. The maximum Gasteiger partial charge on any atom is 0.0818 e. The fraction of sp³-hybridized carbons (Fsp3) is 0.800. The molecular weight excluding hydrogens is 104 g/mol. The van der Waals surface area contributed by atoms with E-state index < -0.39 is 0 Å². The Morgan fingerprint density at radius 1 is 1.38 bits per heavy atom. The molecule has 0 aromatic heterocycles. The van der Waals surface area contributed by atoms with Crippen molar-refractivity contribution in [3.8, 4) is 0 Å². The van der Waals surface area contributed by atoms with Gasteiger partial charge < -0.3 is 9.64 Å². The summed E-state index contributed by atoms with van der Waals surface area (Å²) in [6.07, 6.45) is 1.36. The third kappa shape index (κ3) is 1.20. The maximum absolute atomic E-state index is 6.84. The number of morpholine rings is 1. The zero-order valence-corrected chi connectivity index (χ0v) is 4.76. The summed E-state index contributed by atoms with van der Waals surface area (Å²) in [5, 5.41) is 6.84. The molecule has 1 aliphatic heterocycles. The monoisotopic (exact) mass is 114 g/mol. The number of nitrogens with one attached hydrogen (secondary N) is 1. The van der Waals surface area contributed by atoms with Crippen molar-refractivity contribution in [2.24, 2.45) is 0 Å². The SMILES string of the molecule is N=CN1CCOCC1. The quantitative estimate of drug-likeness (QED) is 0.382. The molecule has 0 aromatic carbocycles. The molecule has 3 nitrogen and oxygen atoms in total. The Morgan fingerprint density at radius 3 is 2.38 bits per heavy atom. The molecule has 1 aliphatic rings. The van der Waals surface area contributed by atoms with Gasteiger partial charge in [0.25, 0.3) is 0 Å². The van der Waals surface area contributed by atoms with Gasteiger partial charge in [-0.05, 0) is 0 Å². The molecule has 0 bridgehead atoms. The second-order valence-electron chi connectivity index (χ2n) is 1.78. The molecule has 1 rings (SSSR count). The van der Waals surface area contributed by atoms with E-state index in [0.717, 1.165) is 26.3 Å². The van der Waals surface area contributed by atoms with Crippen LogP contribution in [-0.2, 0) is 4.74 Å². The van der Waals surface area contributed by atoms with Gasteiger partial charge in [-0.25, -0.2) is 0 Å². The highest BCUT2D eigenvalue weighted by Gasteiger charge is 2.03. The lowest BCUT2D eigenvalue weighted by Gasteiger charge is -2.23. The summed E-state index contributed by atoms with van der Waals surface area (Å²) in [5.41, 5.74) is 0. The van der Waals surface area contributed by atoms with Crippen LogP contribution in [0.4, 0.5) is 0 Å². The van der Waals surface area contributed by atoms with E-state index in [9.17, 15) is 0 Å². The highest BCUT2D eigenvalue weighted by molar-refractivity contribution is 5.50. The Morgan fingerprint density at radius 2 is 2.00 bits per heavy atom. The van der Waals surface area contributed by atoms with Gasteiger partial charge in [0.15, 0.2) is 0 Å². The van der Waals surface area contributed by atoms with Crippen LogP contribution in [0.5, 0.6) is 0 Å². The van der Waals surface area contributed by atoms with Gasteiger partial charge in [0.05, 0.1) is 19.6 Å². The number of hydrogen-bond acceptors (Lipinski definition) is 2. The lowest BCUT2D eigenvalue weighted by atomic mass is 10.5. The molecule has 1 fully saturated rings. The standard InChI is InChI=1S/C5H10N2O/c6-5-7-1-3-8-4-2-7/h5-6H,1-4H2. The first-order valence-corrected chi connectivity index (χ1v) is 2.76. The van der Waals surface area contributed by atoms with Crippen molar-refractivity contribution in [3.05, 3.63) is 0 Å². The average molecular weight is 114 g/mol. The topological polar surface area (TPSA) is 36.3 Å². The second kappa shape index (κ2) is 2.67. The van der Waals surface area contributed by atoms with E-state index in [0.29, 0.717) is 0 Å². The predicted molar refractivity (Wildman–Crippen MR) is 31.2 cm³/mol. The Bertz CT molecular complexity index is 78.5. The lowest BCUT2D eigenvalue weighted by molar-refractivity contribution is 0.0698. The van der Waals surface area contributed by atoms with Gasteiger partial charge in [-0.1, -0.05) is 0 Å². The highest BCUT2D eigenvalue weighted by atomic mass is 16.5. The van der Waals surface area contributed by atoms with Crippen LogP contribution in [0.25, 0.3) is 0 Å². The summed E-state index contributed by atoms with van der Waals surface area (Å²) < 4.78 is 5.06. The minimum atomic E-state index is 0.773. The van der Waals surface area contributed by atoms with Crippen molar-refractivity contribution >= 4 is 6.34 Å². The van der Waals surface area contributed by atoms with Crippen molar-refractivity contribution in [2.75, 3.05) is 26.3 Å². The molecular formula is C5H10N2O. The number of nitrogens with zero attached hydrogens (tertiary/aromatic N) is 1. The van der Waals surface area contributed by atoms with Gasteiger partial charge in [0.1, 0.15) is 0 Å². The van der Waals surface area contributed by atoms with Gasteiger partial charge in [-0.3, -0.25) is 5.41 Å². The van der Waals surface area contributed by atoms with Gasteiger partial charge in [0, 0.05) is 13.1 Å². The van der Waals surface area contributed by atoms with E-state index in [1.54, 1.807) is 0 Å². The van der Waals surface area contributed by atoms with Crippen LogP contribution in [0.15, 0.2) is 0 Å². The molecule has 1 saturated heterocycles. The van der Waals surface area contributed by atoms with Crippen LogP contribution in [0, 0.1) is 5.41 Å². The normalized spacial score (nSPS) is 20.8. The smallest absolute Gasteiger partial charge is 0.0818 e. The molecule has 46 valence electrons. The van der Waals surface area contributed by atoms with E-state index >= 15 is 0 Å². The van der Waals surface area contributed by atoms with Crippen molar-refractivity contribution in [1.29, 1.82) is 5.41 Å².